The number of piperidine rings is 1. The molecule has 0 spiro atoms. The van der Waals surface area contributed by atoms with E-state index in [1.54, 1.807) is 12.1 Å². The number of hydrogen-bond acceptors (Lipinski definition) is 2. The molecule has 2 aromatic carbocycles. The van der Waals surface area contributed by atoms with Gasteiger partial charge in [-0.3, -0.25) is 4.79 Å². The molecule has 1 heterocycles. The number of carbonyl (C=O) groups excluding carboxylic acids is 1. The van der Waals surface area contributed by atoms with Crippen molar-refractivity contribution in [3.63, 3.8) is 0 Å². The zero-order valence-electron chi connectivity index (χ0n) is 14.7. The van der Waals surface area contributed by atoms with Gasteiger partial charge in [0.25, 0.3) is 0 Å². The van der Waals surface area contributed by atoms with Crippen molar-refractivity contribution in [1.82, 2.24) is 10.6 Å². The molecular formula is C21H24F2N2O. The average molecular weight is 358 g/mol. The zero-order chi connectivity index (χ0) is 18.4. The highest BCUT2D eigenvalue weighted by Crippen LogP contribution is 2.30. The van der Waals surface area contributed by atoms with E-state index in [4.69, 9.17) is 0 Å². The van der Waals surface area contributed by atoms with E-state index in [1.165, 1.54) is 24.3 Å². The van der Waals surface area contributed by atoms with Crippen molar-refractivity contribution in [2.75, 3.05) is 19.6 Å². The largest absolute Gasteiger partial charge is 0.356 e. The molecule has 5 heteroatoms. The van der Waals surface area contributed by atoms with Crippen LogP contribution in [0.15, 0.2) is 48.5 Å². The van der Waals surface area contributed by atoms with E-state index in [-0.39, 0.29) is 23.5 Å². The van der Waals surface area contributed by atoms with Gasteiger partial charge in [-0.1, -0.05) is 24.3 Å². The molecule has 2 atom stereocenters. The molecule has 1 aliphatic rings. The Kier molecular flexibility index (Phi) is 6.34. The number of benzene rings is 2. The summed E-state index contributed by atoms with van der Waals surface area (Å²) in [6.45, 7) is 2.36. The minimum absolute atomic E-state index is 0.00208. The summed E-state index contributed by atoms with van der Waals surface area (Å²) in [7, 11) is 0. The van der Waals surface area contributed by atoms with E-state index in [0.717, 1.165) is 30.6 Å². The topological polar surface area (TPSA) is 41.1 Å². The van der Waals surface area contributed by atoms with E-state index < -0.39 is 0 Å². The number of carbonyl (C=O) groups is 1. The van der Waals surface area contributed by atoms with Crippen LogP contribution in [0, 0.1) is 17.6 Å². The summed E-state index contributed by atoms with van der Waals surface area (Å²) in [4.78, 5) is 12.2. The smallest absolute Gasteiger partial charge is 0.220 e. The van der Waals surface area contributed by atoms with Crippen LogP contribution in [0.1, 0.15) is 29.9 Å². The third-order valence-corrected chi connectivity index (χ3v) is 5.02. The van der Waals surface area contributed by atoms with Gasteiger partial charge in [0.15, 0.2) is 0 Å². The lowest BCUT2D eigenvalue weighted by molar-refractivity contribution is -0.121. The fourth-order valence-electron chi connectivity index (χ4n) is 3.53. The highest BCUT2D eigenvalue weighted by Gasteiger charge is 2.26. The molecular weight excluding hydrogens is 334 g/mol. The van der Waals surface area contributed by atoms with Gasteiger partial charge in [-0.25, -0.2) is 8.78 Å². The number of nitrogens with one attached hydrogen (secondary N) is 2. The number of hydrogen-bond donors (Lipinski definition) is 2. The molecule has 1 saturated heterocycles. The molecule has 3 rings (SSSR count). The number of aryl methyl sites for hydroxylation is 1. The number of rotatable bonds is 6. The van der Waals surface area contributed by atoms with Gasteiger partial charge in [-0.15, -0.1) is 0 Å². The van der Waals surface area contributed by atoms with Crippen LogP contribution in [0.2, 0.25) is 0 Å². The Morgan fingerprint density at radius 2 is 1.69 bits per heavy atom. The van der Waals surface area contributed by atoms with Gasteiger partial charge in [0, 0.05) is 19.5 Å². The van der Waals surface area contributed by atoms with Gasteiger partial charge in [0.1, 0.15) is 11.6 Å². The Balaban J connectivity index is 1.50. The molecule has 0 aromatic heterocycles. The molecule has 1 fully saturated rings. The summed E-state index contributed by atoms with van der Waals surface area (Å²) in [5, 5.41) is 6.39. The fourth-order valence-corrected chi connectivity index (χ4v) is 3.53. The zero-order valence-corrected chi connectivity index (χ0v) is 14.7. The predicted molar refractivity (Wildman–Crippen MR) is 97.8 cm³/mol. The summed E-state index contributed by atoms with van der Waals surface area (Å²) in [5.41, 5.74) is 2.07. The maximum atomic E-state index is 13.2. The first-order valence-corrected chi connectivity index (χ1v) is 9.09. The summed E-state index contributed by atoms with van der Waals surface area (Å²) in [5.74, 6) is 0.0964. The molecule has 0 aliphatic carbocycles. The summed E-state index contributed by atoms with van der Waals surface area (Å²) in [6.07, 6.45) is 1.95. The molecule has 1 aliphatic heterocycles. The van der Waals surface area contributed by atoms with E-state index in [0.29, 0.717) is 25.3 Å². The summed E-state index contributed by atoms with van der Waals surface area (Å²) in [6, 6.07) is 12.9. The Morgan fingerprint density at radius 1 is 1.04 bits per heavy atom. The van der Waals surface area contributed by atoms with Gasteiger partial charge < -0.3 is 10.6 Å². The first-order valence-electron chi connectivity index (χ1n) is 9.09. The number of halogens is 2. The maximum absolute atomic E-state index is 13.2. The quantitative estimate of drug-likeness (QED) is 0.831. The molecule has 1 amide bonds. The standard InChI is InChI=1S/C21H24F2N2O/c22-18-6-1-15(2-7-18)3-10-21(26)25-14-17-13-24-12-11-20(17)16-4-8-19(23)9-5-16/h1-2,4-9,17,20,24H,3,10-14H2,(H,25,26)/t17-,20+/m0/s1. The normalized spacial score (nSPS) is 19.9. The molecule has 26 heavy (non-hydrogen) atoms. The Morgan fingerprint density at radius 3 is 2.38 bits per heavy atom. The van der Waals surface area contributed by atoms with E-state index in [1.807, 2.05) is 12.1 Å². The molecule has 2 N–H and O–H groups in total. The monoisotopic (exact) mass is 358 g/mol. The molecule has 138 valence electrons. The third kappa shape index (κ3) is 5.11. The average Bonchev–Trinajstić information content (AvgIpc) is 2.67. The molecule has 0 unspecified atom stereocenters. The second kappa shape index (κ2) is 8.90. The maximum Gasteiger partial charge on any atom is 0.220 e. The lowest BCUT2D eigenvalue weighted by Gasteiger charge is -2.32. The fraction of sp³-hybridized carbons (Fsp3) is 0.381. The Labute approximate surface area is 152 Å². The van der Waals surface area contributed by atoms with E-state index in [9.17, 15) is 13.6 Å². The van der Waals surface area contributed by atoms with Crippen molar-refractivity contribution in [2.24, 2.45) is 5.92 Å². The molecule has 2 aromatic rings. The van der Waals surface area contributed by atoms with Crippen molar-refractivity contribution in [2.45, 2.75) is 25.2 Å². The minimum Gasteiger partial charge on any atom is -0.356 e. The second-order valence-corrected chi connectivity index (χ2v) is 6.84. The van der Waals surface area contributed by atoms with Gasteiger partial charge in [0.2, 0.25) is 5.91 Å². The van der Waals surface area contributed by atoms with Crippen molar-refractivity contribution < 1.29 is 13.6 Å². The highest BCUT2D eigenvalue weighted by atomic mass is 19.1. The highest BCUT2D eigenvalue weighted by molar-refractivity contribution is 5.76. The van der Waals surface area contributed by atoms with Crippen LogP contribution in [0.4, 0.5) is 8.78 Å². The minimum atomic E-state index is -0.269. The van der Waals surface area contributed by atoms with Gasteiger partial charge >= 0.3 is 0 Å². The van der Waals surface area contributed by atoms with Crippen molar-refractivity contribution in [1.29, 1.82) is 0 Å². The van der Waals surface area contributed by atoms with Crippen LogP contribution < -0.4 is 10.6 Å². The second-order valence-electron chi connectivity index (χ2n) is 6.84. The van der Waals surface area contributed by atoms with Crippen LogP contribution >= 0.6 is 0 Å². The Hall–Kier alpha value is -2.27. The molecule has 0 bridgehead atoms. The summed E-state index contributed by atoms with van der Waals surface area (Å²) >= 11 is 0. The van der Waals surface area contributed by atoms with Crippen molar-refractivity contribution in [3.05, 3.63) is 71.3 Å². The first-order chi connectivity index (χ1) is 12.6. The SMILES string of the molecule is O=C(CCc1ccc(F)cc1)NC[C@@H]1CNCC[C@@H]1c1ccc(F)cc1. The number of amides is 1. The van der Waals surface area contributed by atoms with Gasteiger partial charge in [-0.05, 0) is 66.6 Å². The first kappa shape index (κ1) is 18.5. The van der Waals surface area contributed by atoms with E-state index >= 15 is 0 Å². The van der Waals surface area contributed by atoms with E-state index in [2.05, 4.69) is 10.6 Å². The van der Waals surface area contributed by atoms with Gasteiger partial charge in [0.05, 0.1) is 0 Å². The lowest BCUT2D eigenvalue weighted by Crippen LogP contribution is -2.42. The van der Waals surface area contributed by atoms with Crippen LogP contribution in [0.5, 0.6) is 0 Å². The Bertz CT molecular complexity index is 716. The van der Waals surface area contributed by atoms with Crippen molar-refractivity contribution in [3.8, 4) is 0 Å². The predicted octanol–water partition coefficient (Wildman–Crippen LogP) is 3.41. The molecule has 0 radical (unpaired) electrons. The molecule has 3 nitrogen and oxygen atoms in total. The molecule has 0 saturated carbocycles. The van der Waals surface area contributed by atoms with Crippen LogP contribution in [0.3, 0.4) is 0 Å². The van der Waals surface area contributed by atoms with Crippen LogP contribution in [-0.4, -0.2) is 25.5 Å². The van der Waals surface area contributed by atoms with Gasteiger partial charge in [-0.2, -0.15) is 0 Å². The third-order valence-electron chi connectivity index (χ3n) is 5.02. The summed E-state index contributed by atoms with van der Waals surface area (Å²) < 4.78 is 26.1. The van der Waals surface area contributed by atoms with Crippen molar-refractivity contribution >= 4 is 5.91 Å². The van der Waals surface area contributed by atoms with Crippen LogP contribution in [-0.2, 0) is 11.2 Å². The lowest BCUT2D eigenvalue weighted by atomic mass is 9.81. The van der Waals surface area contributed by atoms with Crippen LogP contribution in [0.25, 0.3) is 0 Å².